The van der Waals surface area contributed by atoms with Crippen molar-refractivity contribution in [3.63, 3.8) is 0 Å². The minimum absolute atomic E-state index is 0.0337. The number of halogens is 1. The summed E-state index contributed by atoms with van der Waals surface area (Å²) >= 11 is 5.88. The van der Waals surface area contributed by atoms with Gasteiger partial charge < -0.3 is 15.5 Å². The fourth-order valence-corrected chi connectivity index (χ4v) is 2.53. The highest BCUT2D eigenvalue weighted by molar-refractivity contribution is 6.30. The first-order chi connectivity index (χ1) is 9.54. The Morgan fingerprint density at radius 2 is 2.20 bits per heavy atom. The van der Waals surface area contributed by atoms with Crippen molar-refractivity contribution in [1.82, 2.24) is 10.2 Å². The highest BCUT2D eigenvalue weighted by Gasteiger charge is 2.24. The topological polar surface area (TPSA) is 61.4 Å². The fraction of sp³-hybridized carbons (Fsp3) is 0.429. The number of nitrogens with zero attached hydrogens (tertiary/aromatic N) is 1. The van der Waals surface area contributed by atoms with Crippen LogP contribution >= 0.6 is 11.6 Å². The third kappa shape index (κ3) is 4.13. The maximum atomic E-state index is 12.2. The number of rotatable bonds is 2. The van der Waals surface area contributed by atoms with E-state index in [4.69, 9.17) is 11.6 Å². The molecule has 0 aromatic heterocycles. The van der Waals surface area contributed by atoms with E-state index in [9.17, 15) is 9.59 Å². The van der Waals surface area contributed by atoms with E-state index in [1.54, 1.807) is 29.2 Å². The highest BCUT2D eigenvalue weighted by Crippen LogP contribution is 2.17. The molecule has 1 aromatic carbocycles. The van der Waals surface area contributed by atoms with Gasteiger partial charge in [0.15, 0.2) is 0 Å². The van der Waals surface area contributed by atoms with E-state index in [2.05, 4.69) is 10.6 Å². The van der Waals surface area contributed by atoms with Gasteiger partial charge in [0.25, 0.3) is 0 Å². The van der Waals surface area contributed by atoms with Crippen molar-refractivity contribution in [2.75, 3.05) is 18.4 Å². The number of amides is 3. The number of nitrogens with one attached hydrogen (secondary N) is 2. The molecule has 1 saturated heterocycles. The summed E-state index contributed by atoms with van der Waals surface area (Å²) in [5, 5.41) is 6.26. The van der Waals surface area contributed by atoms with Crippen molar-refractivity contribution in [2.24, 2.45) is 0 Å². The molecule has 0 aliphatic carbocycles. The van der Waals surface area contributed by atoms with Gasteiger partial charge in [-0.05, 0) is 31.0 Å². The van der Waals surface area contributed by atoms with Crippen LogP contribution < -0.4 is 10.6 Å². The van der Waals surface area contributed by atoms with Crippen molar-refractivity contribution in [1.29, 1.82) is 0 Å². The van der Waals surface area contributed by atoms with Crippen LogP contribution in [0.4, 0.5) is 10.5 Å². The average Bonchev–Trinajstić information content (AvgIpc) is 2.38. The lowest BCUT2D eigenvalue weighted by Crippen LogP contribution is -2.50. The van der Waals surface area contributed by atoms with Gasteiger partial charge >= 0.3 is 6.03 Å². The number of carbonyl (C=O) groups is 2. The number of urea groups is 1. The molecule has 1 aliphatic heterocycles. The van der Waals surface area contributed by atoms with Gasteiger partial charge in [-0.1, -0.05) is 17.7 Å². The summed E-state index contributed by atoms with van der Waals surface area (Å²) in [6.45, 7) is 2.72. The molecule has 1 heterocycles. The van der Waals surface area contributed by atoms with Crippen LogP contribution in [0.25, 0.3) is 0 Å². The number of benzene rings is 1. The lowest BCUT2D eigenvalue weighted by atomic mass is 10.1. The molecule has 1 fully saturated rings. The molecule has 20 heavy (non-hydrogen) atoms. The predicted molar refractivity (Wildman–Crippen MR) is 78.9 cm³/mol. The van der Waals surface area contributed by atoms with Crippen LogP contribution in [0.15, 0.2) is 24.3 Å². The van der Waals surface area contributed by atoms with Gasteiger partial charge in [0.2, 0.25) is 5.91 Å². The van der Waals surface area contributed by atoms with Crippen LogP contribution in [0.1, 0.15) is 19.8 Å². The Morgan fingerprint density at radius 1 is 1.40 bits per heavy atom. The van der Waals surface area contributed by atoms with Crippen LogP contribution in [0, 0.1) is 0 Å². The molecule has 1 aliphatic rings. The number of likely N-dealkylation sites (tertiary alicyclic amines) is 1. The number of piperidine rings is 1. The van der Waals surface area contributed by atoms with Gasteiger partial charge in [-0.25, -0.2) is 4.79 Å². The van der Waals surface area contributed by atoms with Gasteiger partial charge in [0.05, 0.1) is 0 Å². The average molecular weight is 296 g/mol. The summed E-state index contributed by atoms with van der Waals surface area (Å²) in [5.41, 5.74) is 0.671. The summed E-state index contributed by atoms with van der Waals surface area (Å²) in [7, 11) is 0. The van der Waals surface area contributed by atoms with Crippen LogP contribution in [-0.4, -0.2) is 36.0 Å². The second kappa shape index (κ2) is 6.61. The second-order valence-corrected chi connectivity index (χ2v) is 5.36. The van der Waals surface area contributed by atoms with Crippen molar-refractivity contribution in [3.8, 4) is 0 Å². The van der Waals surface area contributed by atoms with Crippen LogP contribution in [0.2, 0.25) is 5.02 Å². The Hall–Kier alpha value is -1.75. The Bertz CT molecular complexity index is 507. The number of carbonyl (C=O) groups excluding carboxylic acids is 2. The monoisotopic (exact) mass is 295 g/mol. The zero-order valence-electron chi connectivity index (χ0n) is 11.4. The van der Waals surface area contributed by atoms with E-state index < -0.39 is 0 Å². The van der Waals surface area contributed by atoms with E-state index in [-0.39, 0.29) is 18.0 Å². The normalized spacial score (nSPS) is 18.5. The summed E-state index contributed by atoms with van der Waals surface area (Å²) < 4.78 is 0. The first-order valence-electron chi connectivity index (χ1n) is 6.63. The molecule has 2 N–H and O–H groups in total. The fourth-order valence-electron chi connectivity index (χ4n) is 2.34. The molecule has 5 nitrogen and oxygen atoms in total. The Balaban J connectivity index is 1.93. The maximum absolute atomic E-state index is 12.2. The molecule has 3 amide bonds. The lowest BCUT2D eigenvalue weighted by molar-refractivity contribution is -0.119. The zero-order chi connectivity index (χ0) is 14.5. The third-order valence-corrected chi connectivity index (χ3v) is 3.43. The zero-order valence-corrected chi connectivity index (χ0v) is 12.1. The van der Waals surface area contributed by atoms with Gasteiger partial charge in [-0.15, -0.1) is 0 Å². The Kier molecular flexibility index (Phi) is 4.84. The molecule has 1 unspecified atom stereocenters. The van der Waals surface area contributed by atoms with E-state index in [1.165, 1.54) is 6.92 Å². The van der Waals surface area contributed by atoms with Crippen molar-refractivity contribution in [3.05, 3.63) is 29.3 Å². The Morgan fingerprint density at radius 3 is 2.90 bits per heavy atom. The van der Waals surface area contributed by atoms with E-state index in [1.807, 2.05) is 0 Å². The molecule has 1 atom stereocenters. The third-order valence-electron chi connectivity index (χ3n) is 3.19. The van der Waals surface area contributed by atoms with Gasteiger partial charge in [-0.2, -0.15) is 0 Å². The minimum Gasteiger partial charge on any atom is -0.352 e. The SMILES string of the molecule is CC(=O)NC1CCCN(C(=O)Nc2cccc(Cl)c2)C1. The molecule has 0 spiro atoms. The molecule has 108 valence electrons. The molecular weight excluding hydrogens is 278 g/mol. The first-order valence-corrected chi connectivity index (χ1v) is 7.01. The van der Waals surface area contributed by atoms with Gasteiger partial charge in [0.1, 0.15) is 0 Å². The first kappa shape index (κ1) is 14.7. The largest absolute Gasteiger partial charge is 0.352 e. The van der Waals surface area contributed by atoms with Crippen LogP contribution in [0.5, 0.6) is 0 Å². The standard InChI is InChI=1S/C14H18ClN3O2/c1-10(19)16-13-6-3-7-18(9-13)14(20)17-12-5-2-4-11(15)8-12/h2,4-5,8,13H,3,6-7,9H2,1H3,(H,16,19)(H,17,20). The van der Waals surface area contributed by atoms with Crippen molar-refractivity contribution in [2.45, 2.75) is 25.8 Å². The van der Waals surface area contributed by atoms with Crippen LogP contribution in [0.3, 0.4) is 0 Å². The van der Waals surface area contributed by atoms with E-state index in [0.29, 0.717) is 23.8 Å². The smallest absolute Gasteiger partial charge is 0.321 e. The number of hydrogen-bond acceptors (Lipinski definition) is 2. The Labute approximate surface area is 123 Å². The highest BCUT2D eigenvalue weighted by atomic mass is 35.5. The minimum atomic E-state index is -0.165. The van der Waals surface area contributed by atoms with Gasteiger partial charge in [0, 0.05) is 36.8 Å². The molecule has 0 saturated carbocycles. The quantitative estimate of drug-likeness (QED) is 0.880. The molecular formula is C14H18ClN3O2. The van der Waals surface area contributed by atoms with E-state index >= 15 is 0 Å². The van der Waals surface area contributed by atoms with Crippen molar-refractivity contribution >= 4 is 29.2 Å². The molecule has 0 bridgehead atoms. The molecule has 6 heteroatoms. The molecule has 2 rings (SSSR count). The van der Waals surface area contributed by atoms with Gasteiger partial charge in [-0.3, -0.25) is 4.79 Å². The maximum Gasteiger partial charge on any atom is 0.321 e. The van der Waals surface area contributed by atoms with Crippen LogP contribution in [-0.2, 0) is 4.79 Å². The molecule has 0 radical (unpaired) electrons. The van der Waals surface area contributed by atoms with E-state index in [0.717, 1.165) is 12.8 Å². The summed E-state index contributed by atoms with van der Waals surface area (Å²) in [6, 6.07) is 6.90. The number of anilines is 1. The molecule has 1 aromatic rings. The predicted octanol–water partition coefficient (Wildman–Crippen LogP) is 2.47. The summed E-state index contributed by atoms with van der Waals surface area (Å²) in [5.74, 6) is -0.0629. The second-order valence-electron chi connectivity index (χ2n) is 4.93. The summed E-state index contributed by atoms with van der Waals surface area (Å²) in [6.07, 6.45) is 1.79. The lowest BCUT2D eigenvalue weighted by Gasteiger charge is -2.33. The number of hydrogen-bond donors (Lipinski definition) is 2. The van der Waals surface area contributed by atoms with Crippen molar-refractivity contribution < 1.29 is 9.59 Å². The summed E-state index contributed by atoms with van der Waals surface area (Å²) in [4.78, 5) is 25.0.